The van der Waals surface area contributed by atoms with Gasteiger partial charge in [-0.05, 0) is 32.2 Å². The van der Waals surface area contributed by atoms with Crippen molar-refractivity contribution in [2.24, 2.45) is 11.7 Å². The van der Waals surface area contributed by atoms with E-state index in [1.54, 1.807) is 0 Å². The summed E-state index contributed by atoms with van der Waals surface area (Å²) in [5.41, 5.74) is 5.25. The third kappa shape index (κ3) is 4.62. The summed E-state index contributed by atoms with van der Waals surface area (Å²) in [4.78, 5) is 13.5. The second kappa shape index (κ2) is 6.08. The fourth-order valence-electron chi connectivity index (χ4n) is 2.22. The Labute approximate surface area is 92.2 Å². The molecule has 0 saturated carbocycles. The number of piperidine rings is 1. The molecule has 0 aromatic carbocycles. The number of carbonyl (C=O) groups is 1. The van der Waals surface area contributed by atoms with E-state index in [9.17, 15) is 4.79 Å². The Bertz CT molecular complexity index is 208. The van der Waals surface area contributed by atoms with Crippen LogP contribution in [-0.4, -0.2) is 43.0 Å². The Morgan fingerprint density at radius 3 is 3.00 bits per heavy atom. The molecular formula is C11H23N3O. The molecule has 1 rings (SSSR count). The zero-order chi connectivity index (χ0) is 11.3. The van der Waals surface area contributed by atoms with Crippen molar-refractivity contribution < 1.29 is 4.79 Å². The maximum Gasteiger partial charge on any atom is 0.233 e. The van der Waals surface area contributed by atoms with Gasteiger partial charge in [-0.25, -0.2) is 0 Å². The first-order valence-electron chi connectivity index (χ1n) is 5.83. The van der Waals surface area contributed by atoms with Crippen LogP contribution in [0.3, 0.4) is 0 Å². The van der Waals surface area contributed by atoms with Crippen LogP contribution in [0.25, 0.3) is 0 Å². The second-order valence-electron chi connectivity index (χ2n) is 4.68. The van der Waals surface area contributed by atoms with Crippen LogP contribution in [0, 0.1) is 5.92 Å². The van der Waals surface area contributed by atoms with Gasteiger partial charge in [0.1, 0.15) is 0 Å². The molecule has 88 valence electrons. The van der Waals surface area contributed by atoms with Gasteiger partial charge in [-0.2, -0.15) is 0 Å². The van der Waals surface area contributed by atoms with Crippen LogP contribution in [0.2, 0.25) is 0 Å². The van der Waals surface area contributed by atoms with Crippen molar-refractivity contribution in [3.05, 3.63) is 0 Å². The molecule has 1 saturated heterocycles. The second-order valence-corrected chi connectivity index (χ2v) is 4.68. The molecule has 0 spiro atoms. The fraction of sp³-hybridized carbons (Fsp3) is 0.909. The summed E-state index contributed by atoms with van der Waals surface area (Å²) in [6.07, 6.45) is 2.61. The van der Waals surface area contributed by atoms with Crippen molar-refractivity contribution in [1.82, 2.24) is 10.2 Å². The Balaban J connectivity index is 2.24. The number of hydrogen-bond acceptors (Lipinski definition) is 3. The first-order chi connectivity index (χ1) is 7.11. The van der Waals surface area contributed by atoms with Crippen molar-refractivity contribution in [1.29, 1.82) is 0 Å². The van der Waals surface area contributed by atoms with Crippen LogP contribution in [0.4, 0.5) is 0 Å². The number of likely N-dealkylation sites (tertiary alicyclic amines) is 1. The van der Waals surface area contributed by atoms with E-state index < -0.39 is 0 Å². The van der Waals surface area contributed by atoms with Crippen LogP contribution in [-0.2, 0) is 4.79 Å². The van der Waals surface area contributed by atoms with Gasteiger partial charge in [0, 0.05) is 19.1 Å². The highest BCUT2D eigenvalue weighted by Gasteiger charge is 2.18. The maximum absolute atomic E-state index is 11.1. The lowest BCUT2D eigenvalue weighted by Crippen LogP contribution is -2.46. The Morgan fingerprint density at radius 2 is 2.40 bits per heavy atom. The Kier molecular flexibility index (Phi) is 5.05. The van der Waals surface area contributed by atoms with Crippen molar-refractivity contribution in [3.63, 3.8) is 0 Å². The Hall–Kier alpha value is -0.610. The lowest BCUT2D eigenvalue weighted by molar-refractivity contribution is -0.120. The van der Waals surface area contributed by atoms with E-state index in [0.717, 1.165) is 25.6 Å². The molecule has 4 heteroatoms. The van der Waals surface area contributed by atoms with Crippen molar-refractivity contribution in [3.8, 4) is 0 Å². The minimum Gasteiger partial charge on any atom is -0.351 e. The monoisotopic (exact) mass is 213 g/mol. The minimum atomic E-state index is -0.0624. The largest absolute Gasteiger partial charge is 0.351 e. The Morgan fingerprint density at radius 1 is 1.67 bits per heavy atom. The summed E-state index contributed by atoms with van der Waals surface area (Å²) < 4.78 is 0. The number of rotatable bonds is 4. The number of nitrogens with two attached hydrogens (primary N) is 1. The topological polar surface area (TPSA) is 58.4 Å². The van der Waals surface area contributed by atoms with Crippen LogP contribution < -0.4 is 11.1 Å². The normalized spacial score (nSPS) is 24.9. The summed E-state index contributed by atoms with van der Waals surface area (Å²) in [5.74, 6) is 0.726. The highest BCUT2D eigenvalue weighted by molar-refractivity contribution is 5.78. The number of nitrogens with zero attached hydrogens (tertiary/aromatic N) is 1. The van der Waals surface area contributed by atoms with E-state index in [2.05, 4.69) is 17.1 Å². The molecule has 15 heavy (non-hydrogen) atoms. The van der Waals surface area contributed by atoms with Gasteiger partial charge in [-0.3, -0.25) is 4.79 Å². The zero-order valence-electron chi connectivity index (χ0n) is 9.83. The van der Waals surface area contributed by atoms with Crippen LogP contribution in [0.1, 0.15) is 26.7 Å². The predicted octanol–water partition coefficient (Wildman–Crippen LogP) is 0.182. The molecule has 0 radical (unpaired) electrons. The molecular weight excluding hydrogens is 190 g/mol. The van der Waals surface area contributed by atoms with Crippen LogP contribution in [0.5, 0.6) is 0 Å². The molecule has 1 heterocycles. The highest BCUT2D eigenvalue weighted by atomic mass is 16.1. The molecule has 2 atom stereocenters. The van der Waals surface area contributed by atoms with Gasteiger partial charge >= 0.3 is 0 Å². The van der Waals surface area contributed by atoms with E-state index in [1.807, 2.05) is 6.92 Å². The predicted molar refractivity (Wildman–Crippen MR) is 61.5 cm³/mol. The average molecular weight is 213 g/mol. The van der Waals surface area contributed by atoms with E-state index in [1.165, 1.54) is 12.8 Å². The molecule has 1 fully saturated rings. The molecule has 0 aromatic rings. The first kappa shape index (κ1) is 12.5. The molecule has 0 aliphatic carbocycles. The SMILES string of the molecule is CC1CCCN(CC(C)NC(=O)CN)C1. The van der Waals surface area contributed by atoms with E-state index in [0.29, 0.717) is 0 Å². The molecule has 0 bridgehead atoms. The molecule has 0 aromatic heterocycles. The molecule has 1 aliphatic rings. The number of amides is 1. The first-order valence-corrected chi connectivity index (χ1v) is 5.83. The van der Waals surface area contributed by atoms with Gasteiger partial charge in [0.2, 0.25) is 5.91 Å². The number of carbonyl (C=O) groups excluding carboxylic acids is 1. The van der Waals surface area contributed by atoms with Crippen molar-refractivity contribution in [2.45, 2.75) is 32.7 Å². The molecule has 3 N–H and O–H groups in total. The molecule has 4 nitrogen and oxygen atoms in total. The fourth-order valence-corrected chi connectivity index (χ4v) is 2.22. The maximum atomic E-state index is 11.1. The van der Waals surface area contributed by atoms with Gasteiger partial charge in [-0.1, -0.05) is 6.92 Å². The lowest BCUT2D eigenvalue weighted by Gasteiger charge is -2.32. The van der Waals surface area contributed by atoms with Crippen molar-refractivity contribution >= 4 is 5.91 Å². The summed E-state index contributed by atoms with van der Waals surface area (Å²) >= 11 is 0. The molecule has 2 unspecified atom stereocenters. The zero-order valence-corrected chi connectivity index (χ0v) is 9.83. The van der Waals surface area contributed by atoms with Crippen molar-refractivity contribution in [2.75, 3.05) is 26.2 Å². The van der Waals surface area contributed by atoms with Crippen LogP contribution >= 0.6 is 0 Å². The third-order valence-electron chi connectivity index (χ3n) is 2.87. The molecule has 1 aliphatic heterocycles. The third-order valence-corrected chi connectivity index (χ3v) is 2.87. The van der Waals surface area contributed by atoms with E-state index in [-0.39, 0.29) is 18.5 Å². The summed E-state index contributed by atoms with van der Waals surface area (Å²) in [5, 5.41) is 2.89. The van der Waals surface area contributed by atoms with Gasteiger partial charge in [-0.15, -0.1) is 0 Å². The van der Waals surface area contributed by atoms with Gasteiger partial charge in [0.05, 0.1) is 6.54 Å². The van der Waals surface area contributed by atoms with E-state index >= 15 is 0 Å². The van der Waals surface area contributed by atoms with E-state index in [4.69, 9.17) is 5.73 Å². The van der Waals surface area contributed by atoms with Gasteiger partial charge in [0.25, 0.3) is 0 Å². The lowest BCUT2D eigenvalue weighted by atomic mass is 10.00. The summed E-state index contributed by atoms with van der Waals surface area (Å²) in [6.45, 7) is 7.66. The smallest absolute Gasteiger partial charge is 0.233 e. The van der Waals surface area contributed by atoms with Crippen LogP contribution in [0.15, 0.2) is 0 Å². The average Bonchev–Trinajstić information content (AvgIpc) is 2.17. The van der Waals surface area contributed by atoms with Gasteiger partial charge in [0.15, 0.2) is 0 Å². The summed E-state index contributed by atoms with van der Waals surface area (Å²) in [6, 6.07) is 0.200. The minimum absolute atomic E-state index is 0.0624. The van der Waals surface area contributed by atoms with Gasteiger partial charge < -0.3 is 16.0 Å². The quantitative estimate of drug-likeness (QED) is 0.700. The number of nitrogens with one attached hydrogen (secondary N) is 1. The summed E-state index contributed by atoms with van der Waals surface area (Å²) in [7, 11) is 0. The standard InChI is InChI=1S/C11H23N3O/c1-9-4-3-5-14(7-9)8-10(2)13-11(15)6-12/h9-10H,3-8,12H2,1-2H3,(H,13,15). The molecule has 1 amide bonds. The highest BCUT2D eigenvalue weighted by Crippen LogP contribution is 2.15. The number of hydrogen-bond donors (Lipinski definition) is 2.